The molecule has 0 aromatic heterocycles. The second-order valence-corrected chi connectivity index (χ2v) is 5.09. The molecule has 1 heterocycles. The van der Waals surface area contributed by atoms with E-state index in [0.29, 0.717) is 6.42 Å². The topological polar surface area (TPSA) is 78.9 Å². The van der Waals surface area contributed by atoms with Crippen molar-refractivity contribution in [1.29, 1.82) is 0 Å². The van der Waals surface area contributed by atoms with Gasteiger partial charge < -0.3 is 15.8 Å². The summed E-state index contributed by atoms with van der Waals surface area (Å²) in [5.41, 5.74) is 5.53. The monoisotopic (exact) mass is 245 g/mol. The highest BCUT2D eigenvalue weighted by molar-refractivity contribution is 7.99. The maximum absolute atomic E-state index is 12.2. The first-order chi connectivity index (χ1) is 7.61. The Hall–Kier alpha value is -0.910. The lowest BCUT2D eigenvalue weighted by Gasteiger charge is -2.35. The van der Waals surface area contributed by atoms with Crippen LogP contribution in [-0.2, 0) is 4.79 Å². The highest BCUT2D eigenvalue weighted by Gasteiger charge is 2.30. The van der Waals surface area contributed by atoms with E-state index in [1.807, 2.05) is 30.5 Å². The van der Waals surface area contributed by atoms with Gasteiger partial charge in [0.15, 0.2) is 5.84 Å². The minimum Gasteiger partial charge on any atom is -0.409 e. The van der Waals surface area contributed by atoms with E-state index in [9.17, 15) is 4.79 Å². The van der Waals surface area contributed by atoms with E-state index in [1.165, 1.54) is 0 Å². The predicted molar refractivity (Wildman–Crippen MR) is 65.7 cm³/mol. The number of nitrogens with two attached hydrogens (primary N) is 1. The molecule has 5 nitrogen and oxygen atoms in total. The highest BCUT2D eigenvalue weighted by Crippen LogP contribution is 2.19. The lowest BCUT2D eigenvalue weighted by Crippen LogP contribution is -2.49. The summed E-state index contributed by atoms with van der Waals surface area (Å²) in [6.07, 6.45) is 0.561. The largest absolute Gasteiger partial charge is 0.409 e. The Bertz CT molecular complexity index is 283. The number of hydrogen-bond acceptors (Lipinski definition) is 4. The normalized spacial score (nSPS) is 24.2. The van der Waals surface area contributed by atoms with Gasteiger partial charge in [0.1, 0.15) is 0 Å². The molecule has 0 aromatic rings. The lowest BCUT2D eigenvalue weighted by atomic mass is 10.0. The summed E-state index contributed by atoms with van der Waals surface area (Å²) in [6, 6.07) is 0.229. The number of rotatable bonds is 3. The van der Waals surface area contributed by atoms with Crippen LogP contribution < -0.4 is 5.73 Å². The van der Waals surface area contributed by atoms with E-state index in [0.717, 1.165) is 18.1 Å². The fourth-order valence-corrected chi connectivity index (χ4v) is 2.85. The Labute approximate surface area is 100 Å². The van der Waals surface area contributed by atoms with Crippen LogP contribution in [0.5, 0.6) is 0 Å². The van der Waals surface area contributed by atoms with Gasteiger partial charge in [0.25, 0.3) is 0 Å². The molecule has 1 fully saturated rings. The molecule has 1 rings (SSSR count). The van der Waals surface area contributed by atoms with Crippen molar-refractivity contribution in [2.24, 2.45) is 16.8 Å². The molecular formula is C10H19N3O2S. The van der Waals surface area contributed by atoms with Crippen LogP contribution in [-0.4, -0.2) is 45.9 Å². The number of carbonyl (C=O) groups excluding carboxylic acids is 1. The van der Waals surface area contributed by atoms with Gasteiger partial charge in [-0.25, -0.2) is 0 Å². The average Bonchev–Trinajstić information content (AvgIpc) is 2.30. The molecule has 1 amide bonds. The van der Waals surface area contributed by atoms with E-state index in [4.69, 9.17) is 10.9 Å². The molecule has 3 N–H and O–H groups in total. The van der Waals surface area contributed by atoms with Crippen molar-refractivity contribution in [2.75, 3.05) is 18.1 Å². The third-order valence-electron chi connectivity index (χ3n) is 2.83. The molecule has 1 aliphatic heterocycles. The molecule has 0 radical (unpaired) electrons. The third-order valence-corrected chi connectivity index (χ3v) is 4.02. The molecule has 1 aliphatic rings. The van der Waals surface area contributed by atoms with E-state index in [2.05, 4.69) is 5.16 Å². The molecule has 0 aliphatic carbocycles. The van der Waals surface area contributed by atoms with Crippen molar-refractivity contribution in [3.05, 3.63) is 0 Å². The van der Waals surface area contributed by atoms with Crippen molar-refractivity contribution < 1.29 is 10.0 Å². The van der Waals surface area contributed by atoms with Gasteiger partial charge in [-0.15, -0.1) is 0 Å². The lowest BCUT2D eigenvalue weighted by molar-refractivity contribution is -0.135. The summed E-state index contributed by atoms with van der Waals surface area (Å²) in [6.45, 7) is 4.65. The van der Waals surface area contributed by atoms with Crippen molar-refractivity contribution in [2.45, 2.75) is 26.3 Å². The van der Waals surface area contributed by atoms with Crippen molar-refractivity contribution in [3.63, 3.8) is 0 Å². The number of hydrogen-bond donors (Lipinski definition) is 2. The molecule has 2 atom stereocenters. The number of thioether (sulfide) groups is 1. The first kappa shape index (κ1) is 13.2. The Morgan fingerprint density at radius 1 is 1.75 bits per heavy atom. The van der Waals surface area contributed by atoms with Gasteiger partial charge >= 0.3 is 0 Å². The fourth-order valence-electron chi connectivity index (χ4n) is 1.83. The molecule has 0 spiro atoms. The Kier molecular flexibility index (Phi) is 4.92. The fraction of sp³-hybridized carbons (Fsp3) is 0.800. The maximum Gasteiger partial charge on any atom is 0.233 e. The highest BCUT2D eigenvalue weighted by atomic mass is 32.2. The van der Waals surface area contributed by atoms with Gasteiger partial charge in [-0.2, -0.15) is 11.8 Å². The summed E-state index contributed by atoms with van der Waals surface area (Å²) < 4.78 is 0. The number of nitrogens with zero attached hydrogens (tertiary/aromatic N) is 2. The van der Waals surface area contributed by atoms with Crippen LogP contribution in [0.2, 0.25) is 0 Å². The minimum atomic E-state index is -0.490. The van der Waals surface area contributed by atoms with Crippen LogP contribution in [0, 0.1) is 5.92 Å². The van der Waals surface area contributed by atoms with Gasteiger partial charge in [0, 0.05) is 24.1 Å². The van der Waals surface area contributed by atoms with Crippen molar-refractivity contribution >= 4 is 23.5 Å². The van der Waals surface area contributed by atoms with E-state index >= 15 is 0 Å². The Balaban J connectivity index is 2.74. The summed E-state index contributed by atoms with van der Waals surface area (Å²) in [7, 11) is 0. The van der Waals surface area contributed by atoms with Gasteiger partial charge in [-0.1, -0.05) is 12.1 Å². The average molecular weight is 245 g/mol. The second kappa shape index (κ2) is 5.98. The Morgan fingerprint density at radius 3 is 2.94 bits per heavy atom. The van der Waals surface area contributed by atoms with Gasteiger partial charge in [0.2, 0.25) is 5.91 Å². The standard InChI is InChI=1S/C10H19N3O2S/c1-3-8(9(11)12-15)10(14)13-4-5-16-6-7(13)2/h7-8,15H,3-6H2,1-2H3,(H2,11,12). The van der Waals surface area contributed by atoms with Crippen molar-refractivity contribution in [1.82, 2.24) is 4.90 Å². The smallest absolute Gasteiger partial charge is 0.233 e. The quantitative estimate of drug-likeness (QED) is 0.332. The molecule has 6 heteroatoms. The van der Waals surface area contributed by atoms with Crippen LogP contribution in [0.1, 0.15) is 20.3 Å². The van der Waals surface area contributed by atoms with E-state index in [1.54, 1.807) is 0 Å². The first-order valence-electron chi connectivity index (χ1n) is 5.47. The van der Waals surface area contributed by atoms with Gasteiger partial charge in [-0.3, -0.25) is 4.79 Å². The minimum absolute atomic E-state index is 0.0120. The number of amides is 1. The zero-order valence-electron chi connectivity index (χ0n) is 9.72. The van der Waals surface area contributed by atoms with Crippen LogP contribution in [0.4, 0.5) is 0 Å². The molecular weight excluding hydrogens is 226 g/mol. The van der Waals surface area contributed by atoms with E-state index in [-0.39, 0.29) is 17.8 Å². The van der Waals surface area contributed by atoms with Crippen LogP contribution in [0.15, 0.2) is 5.16 Å². The molecule has 1 saturated heterocycles. The maximum atomic E-state index is 12.2. The molecule has 16 heavy (non-hydrogen) atoms. The first-order valence-corrected chi connectivity index (χ1v) is 6.62. The summed E-state index contributed by atoms with van der Waals surface area (Å²) in [5, 5.41) is 11.6. The zero-order valence-corrected chi connectivity index (χ0v) is 10.5. The summed E-state index contributed by atoms with van der Waals surface area (Å²) in [5.74, 6) is 1.42. The third kappa shape index (κ3) is 2.81. The van der Waals surface area contributed by atoms with Crippen molar-refractivity contribution in [3.8, 4) is 0 Å². The Morgan fingerprint density at radius 2 is 2.44 bits per heavy atom. The zero-order chi connectivity index (χ0) is 12.1. The predicted octanol–water partition coefficient (Wildman–Crippen LogP) is 0.723. The van der Waals surface area contributed by atoms with Gasteiger partial charge in [0.05, 0.1) is 5.92 Å². The van der Waals surface area contributed by atoms with Crippen LogP contribution >= 0.6 is 11.8 Å². The number of oxime groups is 1. The van der Waals surface area contributed by atoms with Crippen LogP contribution in [0.3, 0.4) is 0 Å². The summed E-state index contributed by atoms with van der Waals surface area (Å²) >= 11 is 1.85. The second-order valence-electron chi connectivity index (χ2n) is 3.94. The van der Waals surface area contributed by atoms with Crippen LogP contribution in [0.25, 0.3) is 0 Å². The molecule has 0 bridgehead atoms. The molecule has 0 saturated carbocycles. The van der Waals surface area contributed by atoms with Gasteiger partial charge in [-0.05, 0) is 13.3 Å². The number of carbonyl (C=O) groups is 1. The SMILES string of the molecule is CCC(C(=O)N1CCSCC1C)C(N)=NO. The number of amidine groups is 1. The molecule has 0 aromatic carbocycles. The molecule has 92 valence electrons. The van der Waals surface area contributed by atoms with E-state index < -0.39 is 5.92 Å². The summed E-state index contributed by atoms with van der Waals surface area (Å²) in [4.78, 5) is 14.0. The molecule has 2 unspecified atom stereocenters.